The molecule has 0 aromatic heterocycles. The molecule has 2 aliphatic rings. The van der Waals surface area contributed by atoms with Gasteiger partial charge in [-0.25, -0.2) is 0 Å². The van der Waals surface area contributed by atoms with E-state index in [0.29, 0.717) is 6.42 Å². The Morgan fingerprint density at radius 3 is 3.00 bits per heavy atom. The predicted molar refractivity (Wildman–Crippen MR) is 65.0 cm³/mol. The van der Waals surface area contributed by atoms with E-state index in [1.165, 1.54) is 5.56 Å². The second kappa shape index (κ2) is 3.95. The molecule has 1 aromatic rings. The van der Waals surface area contributed by atoms with Crippen LogP contribution in [0.3, 0.4) is 0 Å². The maximum absolute atomic E-state index is 9.74. The number of fused-ring (bicyclic) bond motifs is 1. The van der Waals surface area contributed by atoms with E-state index in [1.54, 1.807) is 0 Å². The number of hydrogen-bond acceptors (Lipinski definition) is 3. The Morgan fingerprint density at radius 2 is 2.24 bits per heavy atom. The van der Waals surface area contributed by atoms with Gasteiger partial charge in [0.2, 0.25) is 0 Å². The van der Waals surface area contributed by atoms with Crippen molar-refractivity contribution in [3.8, 4) is 0 Å². The Labute approximate surface area is 101 Å². The number of aliphatic hydroxyl groups is 1. The molecule has 17 heavy (non-hydrogen) atoms. The average molecular weight is 231 g/mol. The number of hydroxylamine groups is 2. The molecule has 3 nitrogen and oxygen atoms in total. The van der Waals surface area contributed by atoms with Gasteiger partial charge in [0.05, 0.1) is 6.10 Å². The third-order valence-electron chi connectivity index (χ3n) is 3.62. The minimum atomic E-state index is -0.381. The quantitative estimate of drug-likeness (QED) is 0.637. The summed E-state index contributed by atoms with van der Waals surface area (Å²) in [7, 11) is 0. The van der Waals surface area contributed by atoms with Crippen molar-refractivity contribution in [2.45, 2.75) is 31.1 Å². The van der Waals surface area contributed by atoms with Crippen molar-refractivity contribution in [3.05, 3.63) is 48.0 Å². The molecule has 0 bridgehead atoms. The second-order valence-corrected chi connectivity index (χ2v) is 4.89. The molecule has 2 fully saturated rings. The van der Waals surface area contributed by atoms with Crippen LogP contribution < -0.4 is 0 Å². The molecule has 3 unspecified atom stereocenters. The minimum absolute atomic E-state index is 0.263. The molecule has 2 heterocycles. The van der Waals surface area contributed by atoms with Gasteiger partial charge < -0.3 is 5.11 Å². The van der Waals surface area contributed by atoms with Crippen molar-refractivity contribution in [2.75, 3.05) is 6.54 Å². The van der Waals surface area contributed by atoms with E-state index in [4.69, 9.17) is 4.84 Å². The third-order valence-corrected chi connectivity index (χ3v) is 3.62. The Hall–Kier alpha value is -1.16. The molecule has 0 spiro atoms. The van der Waals surface area contributed by atoms with Gasteiger partial charge in [-0.15, -0.1) is 5.06 Å². The molecule has 90 valence electrons. The van der Waals surface area contributed by atoms with Crippen LogP contribution in [0.1, 0.15) is 18.4 Å². The number of nitrogens with zero attached hydrogens (tertiary/aromatic N) is 1. The molecule has 1 aromatic carbocycles. The van der Waals surface area contributed by atoms with Gasteiger partial charge in [-0.05, 0) is 24.0 Å². The van der Waals surface area contributed by atoms with Crippen molar-refractivity contribution < 1.29 is 9.94 Å². The van der Waals surface area contributed by atoms with Crippen LogP contribution in [0.15, 0.2) is 42.5 Å². The highest BCUT2D eigenvalue weighted by molar-refractivity contribution is 5.28. The number of benzene rings is 1. The Bertz CT molecular complexity index is 431. The highest BCUT2D eigenvalue weighted by Gasteiger charge is 2.59. The van der Waals surface area contributed by atoms with Crippen molar-refractivity contribution in [3.63, 3.8) is 0 Å². The van der Waals surface area contributed by atoms with Crippen LogP contribution >= 0.6 is 0 Å². The minimum Gasteiger partial charge on any atom is -0.393 e. The molecular weight excluding hydrogens is 214 g/mol. The maximum atomic E-state index is 9.74. The Kier molecular flexibility index (Phi) is 2.54. The highest BCUT2D eigenvalue weighted by atomic mass is 16.9. The molecule has 2 aliphatic heterocycles. The van der Waals surface area contributed by atoms with Gasteiger partial charge in [0, 0.05) is 13.0 Å². The summed E-state index contributed by atoms with van der Waals surface area (Å²) in [4.78, 5) is 5.64. The van der Waals surface area contributed by atoms with Gasteiger partial charge in [0.25, 0.3) is 0 Å². The summed E-state index contributed by atoms with van der Waals surface area (Å²) >= 11 is 0. The maximum Gasteiger partial charge on any atom is 0.188 e. The van der Waals surface area contributed by atoms with Gasteiger partial charge in [-0.1, -0.05) is 36.9 Å². The van der Waals surface area contributed by atoms with Gasteiger partial charge >= 0.3 is 0 Å². The Morgan fingerprint density at radius 1 is 1.47 bits per heavy atom. The summed E-state index contributed by atoms with van der Waals surface area (Å²) in [5, 5.41) is 11.7. The Balaban J connectivity index is 1.71. The smallest absolute Gasteiger partial charge is 0.188 e. The number of piperidine rings is 1. The summed E-state index contributed by atoms with van der Waals surface area (Å²) in [6.07, 6.45) is 1.99. The summed E-state index contributed by atoms with van der Waals surface area (Å²) < 4.78 is 0. The predicted octanol–water partition coefficient (Wildman–Crippen LogP) is 1.88. The lowest BCUT2D eigenvalue weighted by atomic mass is 9.91. The molecule has 0 aliphatic carbocycles. The summed E-state index contributed by atoms with van der Waals surface area (Å²) in [5.74, 6) is 0. The molecule has 2 saturated heterocycles. The van der Waals surface area contributed by atoms with Crippen LogP contribution in [-0.2, 0) is 11.3 Å². The molecule has 3 atom stereocenters. The van der Waals surface area contributed by atoms with Crippen molar-refractivity contribution in [2.24, 2.45) is 0 Å². The number of aliphatic hydroxyl groups excluding tert-OH is 1. The zero-order valence-corrected chi connectivity index (χ0v) is 9.80. The van der Waals surface area contributed by atoms with Crippen LogP contribution in [0.25, 0.3) is 0 Å². The standard InChI is InChI=1S/C14H17NO2/c1-11(9-12-5-3-2-4-6-12)14-10-13(16)7-8-15(14)17-14/h2-6,13,16H,1,7-10H2. The van der Waals surface area contributed by atoms with E-state index in [1.807, 2.05) is 23.3 Å². The zero-order valence-electron chi connectivity index (χ0n) is 9.80. The first kappa shape index (κ1) is 11.0. The highest BCUT2D eigenvalue weighted by Crippen LogP contribution is 2.48. The first-order valence-corrected chi connectivity index (χ1v) is 6.08. The van der Waals surface area contributed by atoms with Gasteiger partial charge in [-0.2, -0.15) is 0 Å². The zero-order chi connectivity index (χ0) is 11.9. The normalized spacial score (nSPS) is 35.1. The van der Waals surface area contributed by atoms with Crippen molar-refractivity contribution in [1.82, 2.24) is 5.06 Å². The van der Waals surface area contributed by atoms with Crippen LogP contribution in [-0.4, -0.2) is 28.5 Å². The number of rotatable bonds is 3. The van der Waals surface area contributed by atoms with Crippen LogP contribution in [0.5, 0.6) is 0 Å². The van der Waals surface area contributed by atoms with E-state index < -0.39 is 0 Å². The molecule has 0 radical (unpaired) electrons. The topological polar surface area (TPSA) is 35.8 Å². The van der Waals surface area contributed by atoms with Crippen LogP contribution in [0.2, 0.25) is 0 Å². The lowest BCUT2D eigenvalue weighted by molar-refractivity contribution is 0.105. The largest absolute Gasteiger partial charge is 0.393 e. The lowest BCUT2D eigenvalue weighted by Crippen LogP contribution is -2.34. The summed E-state index contributed by atoms with van der Waals surface area (Å²) in [6, 6.07) is 10.2. The van der Waals surface area contributed by atoms with E-state index >= 15 is 0 Å². The molecule has 0 saturated carbocycles. The molecule has 3 rings (SSSR count). The second-order valence-electron chi connectivity index (χ2n) is 4.89. The van der Waals surface area contributed by atoms with Gasteiger partial charge in [0.15, 0.2) is 5.72 Å². The van der Waals surface area contributed by atoms with Crippen LogP contribution in [0.4, 0.5) is 0 Å². The average Bonchev–Trinajstić information content (AvgIpc) is 3.05. The third kappa shape index (κ3) is 1.90. The summed E-state index contributed by atoms with van der Waals surface area (Å²) in [6.45, 7) is 4.94. The van der Waals surface area contributed by atoms with Crippen molar-refractivity contribution in [1.29, 1.82) is 0 Å². The first-order valence-electron chi connectivity index (χ1n) is 6.08. The fourth-order valence-corrected chi connectivity index (χ4v) is 2.58. The fraction of sp³-hybridized carbons (Fsp3) is 0.429. The molecular formula is C14H17NO2. The monoisotopic (exact) mass is 231 g/mol. The van der Waals surface area contributed by atoms with Crippen molar-refractivity contribution >= 4 is 0 Å². The van der Waals surface area contributed by atoms with Gasteiger partial charge in [0.1, 0.15) is 0 Å². The summed E-state index contributed by atoms with van der Waals surface area (Å²) in [5.41, 5.74) is 1.90. The number of hydrogen-bond donors (Lipinski definition) is 1. The van der Waals surface area contributed by atoms with Crippen LogP contribution in [0, 0.1) is 0 Å². The van der Waals surface area contributed by atoms with E-state index in [-0.39, 0.29) is 11.8 Å². The van der Waals surface area contributed by atoms with E-state index in [9.17, 15) is 5.11 Å². The lowest BCUT2D eigenvalue weighted by Gasteiger charge is -2.23. The first-order chi connectivity index (χ1) is 8.21. The fourth-order valence-electron chi connectivity index (χ4n) is 2.58. The van der Waals surface area contributed by atoms with E-state index in [0.717, 1.165) is 25.0 Å². The SMILES string of the molecule is C=C(Cc1ccccc1)C12CC(O)CCN1O2. The molecule has 1 N–H and O–H groups in total. The van der Waals surface area contributed by atoms with Gasteiger partial charge in [-0.3, -0.25) is 4.84 Å². The molecule has 0 amide bonds. The van der Waals surface area contributed by atoms with E-state index in [2.05, 4.69) is 18.7 Å². The molecule has 3 heteroatoms.